The van der Waals surface area contributed by atoms with Crippen LogP contribution >= 0.6 is 0 Å². The van der Waals surface area contributed by atoms with Gasteiger partial charge in [0.15, 0.2) is 0 Å². The van der Waals surface area contributed by atoms with Crippen LogP contribution in [0.15, 0.2) is 42.5 Å². The largest absolute Gasteiger partial charge is 0.372 e. The minimum Gasteiger partial charge on any atom is -0.372 e. The Morgan fingerprint density at radius 1 is 1.00 bits per heavy atom. The van der Waals surface area contributed by atoms with Crippen molar-refractivity contribution < 1.29 is 4.79 Å². The lowest BCUT2D eigenvalue weighted by atomic mass is 10.1. The number of aryl methyl sites for hydroxylation is 2. The van der Waals surface area contributed by atoms with Gasteiger partial charge in [-0.1, -0.05) is 29.3 Å². The average molecular weight is 322 g/mol. The molecular formula is C21H26N2O. The summed E-state index contributed by atoms with van der Waals surface area (Å²) in [6, 6.07) is 14.7. The van der Waals surface area contributed by atoms with E-state index >= 15 is 0 Å². The van der Waals surface area contributed by atoms with Gasteiger partial charge in [-0.15, -0.1) is 0 Å². The maximum atomic E-state index is 12.2. The molecular weight excluding hydrogens is 296 g/mol. The molecule has 1 heterocycles. The van der Waals surface area contributed by atoms with Crippen LogP contribution in [0.3, 0.4) is 0 Å². The van der Waals surface area contributed by atoms with Crippen molar-refractivity contribution in [2.45, 2.75) is 33.1 Å². The lowest BCUT2D eigenvalue weighted by molar-refractivity contribution is 0.0954. The molecule has 2 aromatic carbocycles. The van der Waals surface area contributed by atoms with Crippen LogP contribution in [0.1, 0.15) is 39.9 Å². The minimum atomic E-state index is 0.00971. The number of amides is 1. The van der Waals surface area contributed by atoms with Gasteiger partial charge in [-0.3, -0.25) is 4.79 Å². The maximum absolute atomic E-state index is 12.2. The summed E-state index contributed by atoms with van der Waals surface area (Å²) in [6.07, 6.45) is 3.45. The Kier molecular flexibility index (Phi) is 5.19. The lowest BCUT2D eigenvalue weighted by Gasteiger charge is -2.17. The first-order chi connectivity index (χ1) is 11.6. The van der Waals surface area contributed by atoms with Gasteiger partial charge in [0.25, 0.3) is 5.91 Å². The molecule has 0 unspecified atom stereocenters. The Bertz CT molecular complexity index is 680. The van der Waals surface area contributed by atoms with Crippen LogP contribution < -0.4 is 10.2 Å². The van der Waals surface area contributed by atoms with E-state index in [4.69, 9.17) is 0 Å². The van der Waals surface area contributed by atoms with Crippen molar-refractivity contribution in [3.8, 4) is 0 Å². The van der Waals surface area contributed by atoms with Gasteiger partial charge in [0.2, 0.25) is 0 Å². The van der Waals surface area contributed by atoms with Crippen LogP contribution in [0.5, 0.6) is 0 Å². The third kappa shape index (κ3) is 4.16. The Balaban J connectivity index is 1.51. The molecule has 0 aliphatic carbocycles. The first-order valence-electron chi connectivity index (χ1n) is 8.82. The van der Waals surface area contributed by atoms with Gasteiger partial charge < -0.3 is 10.2 Å². The molecule has 0 radical (unpaired) electrons. The van der Waals surface area contributed by atoms with Crippen molar-refractivity contribution in [2.24, 2.45) is 0 Å². The van der Waals surface area contributed by atoms with Gasteiger partial charge in [0.05, 0.1) is 0 Å². The van der Waals surface area contributed by atoms with Crippen LogP contribution in [0.4, 0.5) is 5.69 Å². The second kappa shape index (κ2) is 7.52. The molecule has 1 fully saturated rings. The summed E-state index contributed by atoms with van der Waals surface area (Å²) < 4.78 is 0. The summed E-state index contributed by atoms with van der Waals surface area (Å²) in [5.41, 5.74) is 5.57. The number of hydrogen-bond donors (Lipinski definition) is 1. The van der Waals surface area contributed by atoms with E-state index in [0.717, 1.165) is 23.1 Å². The highest BCUT2D eigenvalue weighted by molar-refractivity contribution is 5.94. The molecule has 3 nitrogen and oxygen atoms in total. The lowest BCUT2D eigenvalue weighted by Crippen LogP contribution is -2.25. The first-order valence-corrected chi connectivity index (χ1v) is 8.82. The number of nitrogens with one attached hydrogen (secondary N) is 1. The van der Waals surface area contributed by atoms with Crippen LogP contribution in [0, 0.1) is 13.8 Å². The predicted molar refractivity (Wildman–Crippen MR) is 99.8 cm³/mol. The Hall–Kier alpha value is -2.29. The van der Waals surface area contributed by atoms with E-state index in [9.17, 15) is 4.79 Å². The second-order valence-corrected chi connectivity index (χ2v) is 6.74. The molecule has 0 bridgehead atoms. The van der Waals surface area contributed by atoms with Crippen LogP contribution in [0.25, 0.3) is 0 Å². The van der Waals surface area contributed by atoms with Gasteiger partial charge in [-0.2, -0.15) is 0 Å². The molecule has 0 aromatic heterocycles. The third-order valence-corrected chi connectivity index (χ3v) is 4.59. The molecule has 1 saturated heterocycles. The summed E-state index contributed by atoms with van der Waals surface area (Å²) in [6.45, 7) is 7.04. The van der Waals surface area contributed by atoms with Gasteiger partial charge in [-0.05, 0) is 62.9 Å². The van der Waals surface area contributed by atoms with Crippen molar-refractivity contribution in [3.63, 3.8) is 0 Å². The Labute approximate surface area is 144 Å². The summed E-state index contributed by atoms with van der Waals surface area (Å²) in [5, 5.41) is 3.02. The second-order valence-electron chi connectivity index (χ2n) is 6.74. The van der Waals surface area contributed by atoms with Crippen molar-refractivity contribution in [2.75, 3.05) is 24.5 Å². The van der Waals surface area contributed by atoms with E-state index in [1.165, 1.54) is 37.2 Å². The Morgan fingerprint density at radius 2 is 1.62 bits per heavy atom. The number of carbonyl (C=O) groups is 1. The molecule has 3 rings (SSSR count). The fourth-order valence-corrected chi connectivity index (χ4v) is 3.38. The Morgan fingerprint density at radius 3 is 2.25 bits per heavy atom. The highest BCUT2D eigenvalue weighted by atomic mass is 16.1. The molecule has 0 saturated carbocycles. The zero-order valence-corrected chi connectivity index (χ0v) is 14.6. The molecule has 0 atom stereocenters. The molecule has 126 valence electrons. The van der Waals surface area contributed by atoms with E-state index in [1.54, 1.807) is 0 Å². The zero-order chi connectivity index (χ0) is 16.9. The van der Waals surface area contributed by atoms with Gasteiger partial charge in [0, 0.05) is 30.9 Å². The molecule has 2 aromatic rings. The van der Waals surface area contributed by atoms with E-state index in [2.05, 4.69) is 40.5 Å². The molecule has 1 N–H and O–H groups in total. The van der Waals surface area contributed by atoms with E-state index in [1.807, 2.05) is 26.0 Å². The molecule has 3 heteroatoms. The number of hydrogen-bond acceptors (Lipinski definition) is 2. The van der Waals surface area contributed by atoms with E-state index in [-0.39, 0.29) is 5.91 Å². The van der Waals surface area contributed by atoms with Crippen molar-refractivity contribution >= 4 is 11.6 Å². The van der Waals surface area contributed by atoms with Crippen molar-refractivity contribution in [3.05, 3.63) is 64.7 Å². The summed E-state index contributed by atoms with van der Waals surface area (Å²) >= 11 is 0. The highest BCUT2D eigenvalue weighted by Crippen LogP contribution is 2.20. The molecule has 24 heavy (non-hydrogen) atoms. The SMILES string of the molecule is Cc1cc(C)cc(C(=O)NCCc2ccc(N3CCCC3)cc2)c1. The monoisotopic (exact) mass is 322 g/mol. The van der Waals surface area contributed by atoms with Crippen molar-refractivity contribution in [1.82, 2.24) is 5.32 Å². The fraction of sp³-hybridized carbons (Fsp3) is 0.381. The molecule has 1 amide bonds. The fourth-order valence-electron chi connectivity index (χ4n) is 3.38. The molecule has 1 aliphatic rings. The number of rotatable bonds is 5. The molecule has 1 aliphatic heterocycles. The molecule has 0 spiro atoms. The standard InChI is InChI=1S/C21H26N2O/c1-16-13-17(2)15-19(14-16)21(24)22-10-9-18-5-7-20(8-6-18)23-11-3-4-12-23/h5-8,13-15H,3-4,9-12H2,1-2H3,(H,22,24). The summed E-state index contributed by atoms with van der Waals surface area (Å²) in [7, 11) is 0. The third-order valence-electron chi connectivity index (χ3n) is 4.59. The quantitative estimate of drug-likeness (QED) is 0.906. The smallest absolute Gasteiger partial charge is 0.251 e. The summed E-state index contributed by atoms with van der Waals surface area (Å²) in [4.78, 5) is 14.7. The summed E-state index contributed by atoms with van der Waals surface area (Å²) in [5.74, 6) is 0.00971. The topological polar surface area (TPSA) is 32.3 Å². The van der Waals surface area contributed by atoms with E-state index in [0.29, 0.717) is 6.54 Å². The minimum absolute atomic E-state index is 0.00971. The predicted octanol–water partition coefficient (Wildman–Crippen LogP) is 3.88. The number of nitrogens with zero attached hydrogens (tertiary/aromatic N) is 1. The number of carbonyl (C=O) groups excluding carboxylic acids is 1. The van der Waals surface area contributed by atoms with Crippen LogP contribution in [-0.2, 0) is 6.42 Å². The maximum Gasteiger partial charge on any atom is 0.251 e. The van der Waals surface area contributed by atoms with E-state index < -0.39 is 0 Å². The number of anilines is 1. The van der Waals surface area contributed by atoms with Gasteiger partial charge >= 0.3 is 0 Å². The van der Waals surface area contributed by atoms with Crippen LogP contribution in [-0.4, -0.2) is 25.5 Å². The van der Waals surface area contributed by atoms with Gasteiger partial charge in [-0.25, -0.2) is 0 Å². The normalized spacial score (nSPS) is 14.0. The van der Waals surface area contributed by atoms with Crippen molar-refractivity contribution in [1.29, 1.82) is 0 Å². The number of benzene rings is 2. The highest BCUT2D eigenvalue weighted by Gasteiger charge is 2.11. The average Bonchev–Trinajstić information content (AvgIpc) is 3.09. The zero-order valence-electron chi connectivity index (χ0n) is 14.6. The first kappa shape index (κ1) is 16.6. The van der Waals surface area contributed by atoms with Crippen LogP contribution in [0.2, 0.25) is 0 Å². The van der Waals surface area contributed by atoms with Gasteiger partial charge in [0.1, 0.15) is 0 Å².